The van der Waals surface area contributed by atoms with Crippen LogP contribution < -0.4 is 0 Å². The van der Waals surface area contributed by atoms with Gasteiger partial charge in [0.1, 0.15) is 0 Å². The van der Waals surface area contributed by atoms with E-state index in [4.69, 9.17) is 4.74 Å². The van der Waals surface area contributed by atoms with Gasteiger partial charge in [0.2, 0.25) is 0 Å². The van der Waals surface area contributed by atoms with Gasteiger partial charge < -0.3 is 10.3 Å². The summed E-state index contributed by atoms with van der Waals surface area (Å²) in [4.78, 5) is 3.49. The summed E-state index contributed by atoms with van der Waals surface area (Å²) in [7, 11) is 0. The summed E-state index contributed by atoms with van der Waals surface area (Å²) >= 11 is 0. The number of rotatable bonds is 5. The van der Waals surface area contributed by atoms with E-state index in [1.165, 1.54) is 0 Å². The smallest absolute Gasteiger partial charge is 0.330 e. The molecule has 2 aromatic carbocycles. The molecule has 0 saturated heterocycles. The van der Waals surface area contributed by atoms with E-state index in [9.17, 15) is 5.53 Å². The molecule has 0 aliphatic carbocycles. The fourth-order valence-electron chi connectivity index (χ4n) is 2.27. The molecule has 2 aromatic rings. The molecule has 0 aliphatic heterocycles. The Morgan fingerprint density at radius 1 is 1.10 bits per heavy atom. The first-order valence-corrected chi connectivity index (χ1v) is 6.76. The van der Waals surface area contributed by atoms with Gasteiger partial charge in [-0.2, -0.15) is 4.79 Å². The molecule has 0 fully saturated rings. The van der Waals surface area contributed by atoms with Crippen LogP contribution in [0.25, 0.3) is 5.53 Å². The molecule has 0 saturated carbocycles. The van der Waals surface area contributed by atoms with Gasteiger partial charge in [0.15, 0.2) is 0 Å². The van der Waals surface area contributed by atoms with Crippen LogP contribution in [-0.2, 0) is 4.74 Å². The lowest BCUT2D eigenvalue weighted by Crippen LogP contribution is -2.11. The van der Waals surface area contributed by atoms with Crippen molar-refractivity contribution in [2.24, 2.45) is 0 Å². The molecule has 20 heavy (non-hydrogen) atoms. The quantitative estimate of drug-likeness (QED) is 0.460. The van der Waals surface area contributed by atoms with E-state index in [0.29, 0.717) is 12.3 Å². The summed E-state index contributed by atoms with van der Waals surface area (Å²) in [5, 5.41) is 0. The highest BCUT2D eigenvalue weighted by Gasteiger charge is 2.21. The zero-order chi connectivity index (χ0) is 14.4. The summed E-state index contributed by atoms with van der Waals surface area (Å²) in [6.07, 6.45) is -0.0448. The molecule has 0 spiro atoms. The van der Waals surface area contributed by atoms with Crippen molar-refractivity contribution in [3.05, 3.63) is 76.8 Å². The molecular weight excluding hydrogens is 248 g/mol. The van der Waals surface area contributed by atoms with Crippen molar-refractivity contribution < 1.29 is 9.53 Å². The van der Waals surface area contributed by atoms with Gasteiger partial charge in [-0.15, -0.1) is 0 Å². The van der Waals surface area contributed by atoms with Crippen molar-refractivity contribution in [1.82, 2.24) is 0 Å². The van der Waals surface area contributed by atoms with Crippen molar-refractivity contribution in [3.8, 4) is 0 Å². The van der Waals surface area contributed by atoms with E-state index in [2.05, 4.69) is 4.79 Å². The molecular formula is C17H18N2O. The van der Waals surface area contributed by atoms with Crippen LogP contribution in [0.5, 0.6) is 0 Å². The SMILES string of the molecule is CCOC(C)c1ccccc1C(=[N+]=[N-])c1ccccc1. The first-order valence-electron chi connectivity index (χ1n) is 6.76. The average Bonchev–Trinajstić information content (AvgIpc) is 2.50. The number of ether oxygens (including phenoxy) is 1. The van der Waals surface area contributed by atoms with Crippen molar-refractivity contribution in [2.75, 3.05) is 6.61 Å². The minimum Gasteiger partial charge on any atom is -0.374 e. The van der Waals surface area contributed by atoms with E-state index in [1.807, 2.05) is 68.4 Å². The second kappa shape index (κ2) is 6.80. The maximum atomic E-state index is 9.42. The molecule has 0 N–H and O–H groups in total. The van der Waals surface area contributed by atoms with Gasteiger partial charge in [-0.3, -0.25) is 0 Å². The van der Waals surface area contributed by atoms with Gasteiger partial charge >= 0.3 is 5.71 Å². The summed E-state index contributed by atoms with van der Waals surface area (Å²) in [5.41, 5.74) is 12.8. The zero-order valence-electron chi connectivity index (χ0n) is 11.8. The molecule has 1 atom stereocenters. The molecule has 0 aliphatic rings. The Bertz CT molecular complexity index is 616. The second-order valence-electron chi connectivity index (χ2n) is 4.50. The van der Waals surface area contributed by atoms with E-state index >= 15 is 0 Å². The van der Waals surface area contributed by atoms with Crippen LogP contribution in [0.1, 0.15) is 36.6 Å². The zero-order valence-corrected chi connectivity index (χ0v) is 11.8. The Balaban J connectivity index is 2.49. The monoisotopic (exact) mass is 266 g/mol. The van der Waals surface area contributed by atoms with Crippen LogP contribution in [0.15, 0.2) is 54.6 Å². The Morgan fingerprint density at radius 2 is 1.75 bits per heavy atom. The minimum absolute atomic E-state index is 0.0448. The highest BCUT2D eigenvalue weighted by molar-refractivity contribution is 6.10. The van der Waals surface area contributed by atoms with Gasteiger partial charge in [-0.05, 0) is 37.6 Å². The lowest BCUT2D eigenvalue weighted by atomic mass is 9.95. The van der Waals surface area contributed by atoms with E-state index in [1.54, 1.807) is 0 Å². The maximum absolute atomic E-state index is 9.42. The summed E-state index contributed by atoms with van der Waals surface area (Å²) in [5.74, 6) is 0. The van der Waals surface area contributed by atoms with E-state index < -0.39 is 0 Å². The summed E-state index contributed by atoms with van der Waals surface area (Å²) in [6, 6.07) is 17.5. The largest absolute Gasteiger partial charge is 0.374 e. The fraction of sp³-hybridized carbons (Fsp3) is 0.235. The first-order chi connectivity index (χ1) is 9.77. The van der Waals surface area contributed by atoms with Crippen LogP contribution in [0.2, 0.25) is 0 Å². The Labute approximate surface area is 119 Å². The molecule has 0 heterocycles. The molecule has 3 heteroatoms. The molecule has 3 nitrogen and oxygen atoms in total. The molecule has 1 unspecified atom stereocenters. The van der Waals surface area contributed by atoms with Crippen LogP contribution in [0, 0.1) is 0 Å². The second-order valence-corrected chi connectivity index (χ2v) is 4.50. The Morgan fingerprint density at radius 3 is 2.40 bits per heavy atom. The van der Waals surface area contributed by atoms with Gasteiger partial charge in [0.25, 0.3) is 0 Å². The number of benzene rings is 2. The Hall–Kier alpha value is -2.22. The first kappa shape index (κ1) is 14.2. The lowest BCUT2D eigenvalue weighted by Gasteiger charge is -2.14. The van der Waals surface area contributed by atoms with Crippen molar-refractivity contribution >= 4 is 5.71 Å². The number of hydrogen-bond donors (Lipinski definition) is 0. The molecule has 0 bridgehead atoms. The summed E-state index contributed by atoms with van der Waals surface area (Å²) < 4.78 is 5.66. The molecule has 0 aromatic heterocycles. The van der Waals surface area contributed by atoms with Crippen LogP contribution in [0.4, 0.5) is 0 Å². The molecule has 102 valence electrons. The topological polar surface area (TPSA) is 45.6 Å². The summed E-state index contributed by atoms with van der Waals surface area (Å²) in [6.45, 7) is 4.62. The number of nitrogens with zero attached hydrogens (tertiary/aromatic N) is 2. The average molecular weight is 266 g/mol. The van der Waals surface area contributed by atoms with Crippen molar-refractivity contribution in [1.29, 1.82) is 0 Å². The number of hydrogen-bond acceptors (Lipinski definition) is 1. The van der Waals surface area contributed by atoms with Crippen LogP contribution in [-0.4, -0.2) is 17.1 Å². The fourth-order valence-corrected chi connectivity index (χ4v) is 2.27. The molecule has 2 rings (SSSR count). The van der Waals surface area contributed by atoms with Gasteiger partial charge in [0.05, 0.1) is 17.2 Å². The maximum Gasteiger partial charge on any atom is 0.330 e. The normalized spacial score (nSPS) is 11.7. The molecule has 0 radical (unpaired) electrons. The predicted octanol–water partition coefficient (Wildman–Crippen LogP) is 3.85. The highest BCUT2D eigenvalue weighted by Crippen LogP contribution is 2.23. The third-order valence-corrected chi connectivity index (χ3v) is 3.22. The van der Waals surface area contributed by atoms with Crippen LogP contribution in [0.3, 0.4) is 0 Å². The van der Waals surface area contributed by atoms with Crippen LogP contribution >= 0.6 is 0 Å². The highest BCUT2D eigenvalue weighted by atomic mass is 16.5. The van der Waals surface area contributed by atoms with Crippen molar-refractivity contribution in [2.45, 2.75) is 20.0 Å². The third kappa shape index (κ3) is 3.02. The standard InChI is InChI=1S/C17H18N2O/c1-3-20-13(2)15-11-7-8-12-16(15)17(19-18)14-9-5-4-6-10-14/h4-13H,3H2,1-2H3. The van der Waals surface area contributed by atoms with Crippen molar-refractivity contribution in [3.63, 3.8) is 0 Å². The Kier molecular flexibility index (Phi) is 4.83. The van der Waals surface area contributed by atoms with Gasteiger partial charge in [0, 0.05) is 6.61 Å². The predicted molar refractivity (Wildman–Crippen MR) is 79.8 cm³/mol. The molecule has 0 amide bonds. The minimum atomic E-state index is -0.0448. The van der Waals surface area contributed by atoms with Gasteiger partial charge in [-0.25, -0.2) is 0 Å². The van der Waals surface area contributed by atoms with Gasteiger partial charge in [-0.1, -0.05) is 36.4 Å². The van der Waals surface area contributed by atoms with E-state index in [0.717, 1.165) is 16.7 Å². The third-order valence-electron chi connectivity index (χ3n) is 3.22. The lowest BCUT2D eigenvalue weighted by molar-refractivity contribution is -0.00323. The van der Waals surface area contributed by atoms with E-state index in [-0.39, 0.29) is 6.10 Å².